The number of halogens is 1. The van der Waals surface area contributed by atoms with Crippen LogP contribution in [0.2, 0.25) is 5.02 Å². The van der Waals surface area contributed by atoms with Crippen molar-refractivity contribution in [2.24, 2.45) is 5.92 Å². The fourth-order valence-electron chi connectivity index (χ4n) is 2.12. The smallest absolute Gasteiger partial charge is 0.140 e. The lowest BCUT2D eigenvalue weighted by Crippen LogP contribution is -2.32. The van der Waals surface area contributed by atoms with E-state index >= 15 is 0 Å². The van der Waals surface area contributed by atoms with Gasteiger partial charge in [-0.1, -0.05) is 29.8 Å². The predicted octanol–water partition coefficient (Wildman–Crippen LogP) is 2.45. The molecule has 1 saturated heterocycles. The van der Waals surface area contributed by atoms with Gasteiger partial charge in [-0.2, -0.15) is 0 Å². The van der Waals surface area contributed by atoms with Gasteiger partial charge in [0.1, 0.15) is 5.78 Å². The molecule has 0 amide bonds. The van der Waals surface area contributed by atoms with Crippen molar-refractivity contribution in [1.29, 1.82) is 0 Å². The quantitative estimate of drug-likeness (QED) is 0.875. The maximum Gasteiger partial charge on any atom is 0.140 e. The molecule has 0 unspecified atom stereocenters. The van der Waals surface area contributed by atoms with Crippen LogP contribution in [0.4, 0.5) is 0 Å². The number of nitrogens with one attached hydrogen (secondary N) is 1. The van der Waals surface area contributed by atoms with Gasteiger partial charge in [0, 0.05) is 17.4 Å². The highest BCUT2D eigenvalue weighted by molar-refractivity contribution is 6.31. The van der Waals surface area contributed by atoms with E-state index < -0.39 is 0 Å². The summed E-state index contributed by atoms with van der Waals surface area (Å²) in [4.78, 5) is 12.0. The molecule has 1 aromatic carbocycles. The largest absolute Gasteiger partial charge is 0.317 e. The van der Waals surface area contributed by atoms with E-state index in [-0.39, 0.29) is 5.92 Å². The molecule has 2 rings (SSSR count). The molecule has 16 heavy (non-hydrogen) atoms. The molecule has 0 saturated carbocycles. The van der Waals surface area contributed by atoms with Gasteiger partial charge in [0.25, 0.3) is 0 Å². The monoisotopic (exact) mass is 237 g/mol. The van der Waals surface area contributed by atoms with E-state index in [1.807, 2.05) is 24.3 Å². The van der Waals surface area contributed by atoms with Gasteiger partial charge in [-0.3, -0.25) is 4.79 Å². The molecule has 1 heterocycles. The normalized spacial score (nSPS) is 17.3. The molecular weight excluding hydrogens is 222 g/mol. The summed E-state index contributed by atoms with van der Waals surface area (Å²) < 4.78 is 0. The average Bonchev–Trinajstić information content (AvgIpc) is 2.33. The zero-order valence-electron chi connectivity index (χ0n) is 9.21. The number of carbonyl (C=O) groups excluding carboxylic acids is 1. The molecule has 0 aromatic heterocycles. The Kier molecular flexibility index (Phi) is 3.97. The van der Waals surface area contributed by atoms with Crippen LogP contribution in [0.3, 0.4) is 0 Å². The number of hydrogen-bond donors (Lipinski definition) is 1. The molecule has 0 atom stereocenters. The van der Waals surface area contributed by atoms with Crippen LogP contribution in [0.5, 0.6) is 0 Å². The maximum atomic E-state index is 12.0. The molecule has 1 fully saturated rings. The summed E-state index contributed by atoms with van der Waals surface area (Å²) in [6.07, 6.45) is 2.40. The van der Waals surface area contributed by atoms with Gasteiger partial charge in [-0.15, -0.1) is 0 Å². The summed E-state index contributed by atoms with van der Waals surface area (Å²) in [5.74, 6) is 0.548. The van der Waals surface area contributed by atoms with Gasteiger partial charge < -0.3 is 5.32 Å². The summed E-state index contributed by atoms with van der Waals surface area (Å²) in [5.41, 5.74) is 0.952. The molecule has 1 N–H and O–H groups in total. The zero-order chi connectivity index (χ0) is 11.4. The summed E-state index contributed by atoms with van der Waals surface area (Å²) >= 11 is 6.04. The van der Waals surface area contributed by atoms with Gasteiger partial charge in [-0.25, -0.2) is 0 Å². The first kappa shape index (κ1) is 11.6. The predicted molar refractivity (Wildman–Crippen MR) is 65.8 cm³/mol. The number of rotatable bonds is 3. The van der Waals surface area contributed by atoms with Gasteiger partial charge in [0.05, 0.1) is 0 Å². The molecule has 3 heteroatoms. The third-order valence-electron chi connectivity index (χ3n) is 3.12. The second-order valence-corrected chi connectivity index (χ2v) is 4.67. The topological polar surface area (TPSA) is 29.1 Å². The molecule has 1 aliphatic rings. The van der Waals surface area contributed by atoms with Crippen LogP contribution >= 0.6 is 11.6 Å². The first-order valence-electron chi connectivity index (χ1n) is 5.74. The highest BCUT2D eigenvalue weighted by Gasteiger charge is 2.21. The molecule has 2 nitrogen and oxygen atoms in total. The summed E-state index contributed by atoms with van der Waals surface area (Å²) in [5, 5.41) is 3.97. The van der Waals surface area contributed by atoms with E-state index in [1.165, 1.54) is 0 Å². The van der Waals surface area contributed by atoms with E-state index in [0.29, 0.717) is 17.2 Å². The lowest BCUT2D eigenvalue weighted by molar-refractivity contribution is -0.122. The van der Waals surface area contributed by atoms with Crippen LogP contribution < -0.4 is 5.32 Å². The number of piperidine rings is 1. The fourth-order valence-corrected chi connectivity index (χ4v) is 2.32. The lowest BCUT2D eigenvalue weighted by Gasteiger charge is -2.21. The molecule has 86 valence electrons. The Morgan fingerprint density at radius 1 is 1.31 bits per heavy atom. The van der Waals surface area contributed by atoms with Crippen molar-refractivity contribution >= 4 is 17.4 Å². The molecule has 0 radical (unpaired) electrons. The van der Waals surface area contributed by atoms with Crippen LogP contribution in [0, 0.1) is 5.92 Å². The molecule has 0 bridgehead atoms. The van der Waals surface area contributed by atoms with Crippen molar-refractivity contribution < 1.29 is 4.79 Å². The van der Waals surface area contributed by atoms with Crippen molar-refractivity contribution in [2.75, 3.05) is 13.1 Å². The van der Waals surface area contributed by atoms with Crippen LogP contribution in [0.25, 0.3) is 0 Å². The molecule has 0 spiro atoms. The Labute approximate surface area is 101 Å². The number of ketones is 1. The second kappa shape index (κ2) is 5.46. The van der Waals surface area contributed by atoms with Crippen LogP contribution in [0.1, 0.15) is 18.4 Å². The Bertz CT molecular complexity index is 372. The molecular formula is C13H16ClNO. The molecule has 1 aromatic rings. The van der Waals surface area contributed by atoms with Gasteiger partial charge in [0.2, 0.25) is 0 Å². The Morgan fingerprint density at radius 2 is 2.00 bits per heavy atom. The Balaban J connectivity index is 1.99. The lowest BCUT2D eigenvalue weighted by atomic mass is 9.90. The van der Waals surface area contributed by atoms with Crippen LogP contribution in [-0.4, -0.2) is 18.9 Å². The van der Waals surface area contributed by atoms with E-state index in [4.69, 9.17) is 11.6 Å². The number of benzene rings is 1. The first-order chi connectivity index (χ1) is 7.77. The van der Waals surface area contributed by atoms with E-state index in [2.05, 4.69) is 5.32 Å². The fraction of sp³-hybridized carbons (Fsp3) is 0.462. The number of carbonyl (C=O) groups is 1. The van der Waals surface area contributed by atoms with Crippen LogP contribution in [-0.2, 0) is 11.2 Å². The van der Waals surface area contributed by atoms with Crippen molar-refractivity contribution in [1.82, 2.24) is 5.32 Å². The Hall–Kier alpha value is -0.860. The minimum Gasteiger partial charge on any atom is -0.317 e. The third-order valence-corrected chi connectivity index (χ3v) is 3.49. The molecule has 1 aliphatic heterocycles. The summed E-state index contributed by atoms with van der Waals surface area (Å²) in [6, 6.07) is 7.59. The minimum atomic E-state index is 0.220. The van der Waals surface area contributed by atoms with E-state index in [0.717, 1.165) is 31.5 Å². The highest BCUT2D eigenvalue weighted by atomic mass is 35.5. The summed E-state index contributed by atoms with van der Waals surface area (Å²) in [6.45, 7) is 1.91. The first-order valence-corrected chi connectivity index (χ1v) is 6.12. The standard InChI is InChI=1S/C13H16ClNO/c14-12-4-2-1-3-11(12)9-13(16)10-5-7-15-8-6-10/h1-4,10,15H,5-9H2. The Morgan fingerprint density at radius 3 is 2.69 bits per heavy atom. The molecule has 0 aliphatic carbocycles. The number of hydrogen-bond acceptors (Lipinski definition) is 2. The second-order valence-electron chi connectivity index (χ2n) is 4.26. The third kappa shape index (κ3) is 2.83. The van der Waals surface area contributed by atoms with Crippen molar-refractivity contribution in [3.8, 4) is 0 Å². The van der Waals surface area contributed by atoms with Crippen LogP contribution in [0.15, 0.2) is 24.3 Å². The van der Waals surface area contributed by atoms with Crippen molar-refractivity contribution in [3.63, 3.8) is 0 Å². The SMILES string of the molecule is O=C(Cc1ccccc1Cl)C1CCNCC1. The van der Waals surface area contributed by atoms with Gasteiger partial charge in [-0.05, 0) is 37.6 Å². The van der Waals surface area contributed by atoms with Crippen molar-refractivity contribution in [2.45, 2.75) is 19.3 Å². The maximum absolute atomic E-state index is 12.0. The summed E-state index contributed by atoms with van der Waals surface area (Å²) in [7, 11) is 0. The van der Waals surface area contributed by atoms with Gasteiger partial charge in [0.15, 0.2) is 0 Å². The average molecular weight is 238 g/mol. The van der Waals surface area contributed by atoms with Gasteiger partial charge >= 0.3 is 0 Å². The highest BCUT2D eigenvalue weighted by Crippen LogP contribution is 2.20. The van der Waals surface area contributed by atoms with Crippen molar-refractivity contribution in [3.05, 3.63) is 34.9 Å². The zero-order valence-corrected chi connectivity index (χ0v) is 9.96. The number of Topliss-reactive ketones (excluding diaryl/α,β-unsaturated/α-hetero) is 1. The van der Waals surface area contributed by atoms with E-state index in [1.54, 1.807) is 0 Å². The van der Waals surface area contributed by atoms with E-state index in [9.17, 15) is 4.79 Å². The minimum absolute atomic E-state index is 0.220.